The van der Waals surface area contributed by atoms with E-state index in [1.165, 1.54) is 366 Å². The average Bonchev–Trinajstić information content (AvgIpc) is 1.55. The van der Waals surface area contributed by atoms with Crippen LogP contribution < -0.4 is 4.74 Å². The molecular weight excluding hydrogens is 2110 g/mol. The molecule has 796 valence electrons. The number of rotatable bonds is 63. The number of thiophene rings is 4. The number of carbonyl (C=O) groups excluding carboxylic acids is 4. The predicted molar refractivity (Wildman–Crippen MR) is 679 cm³/mol. The third-order valence-electron chi connectivity index (χ3n) is 29.9. The summed E-state index contributed by atoms with van der Waals surface area (Å²) >= 11 is 43.4. The highest BCUT2D eigenvalue weighted by Crippen LogP contribution is 2.64. The molecule has 4 aliphatic carbocycles. The van der Waals surface area contributed by atoms with Gasteiger partial charge >= 0.3 is 0 Å². The van der Waals surface area contributed by atoms with E-state index in [-0.39, 0.29) is 17.7 Å². The first-order valence-corrected chi connectivity index (χ1v) is 69.9. The van der Waals surface area contributed by atoms with Gasteiger partial charge in [0.1, 0.15) is 8.64 Å². The first kappa shape index (κ1) is 123. The minimum absolute atomic E-state index is 0.0170. The van der Waals surface area contributed by atoms with Gasteiger partial charge in [-0.1, -0.05) is 336 Å². The Kier molecular flexibility index (Phi) is 53.7. The first-order chi connectivity index (χ1) is 70.5. The van der Waals surface area contributed by atoms with Crippen LogP contribution in [0.1, 0.15) is 407 Å². The van der Waals surface area contributed by atoms with Gasteiger partial charge in [0.15, 0.2) is 11.3 Å². The minimum atomic E-state index is 0.0170. The standard InChI is InChI=1S/C63H86N2O2S9.C52H76O2S6.C5H7NOS2/c1-11-21-25-40(15-5)36-70-61(71-37-41(16-6)26-22-12-2)55-47-35-50-48(34-49(47)57-51(55)31-45(74-57)29-44-30-54(68)64(19-9)59(44)66)56(52-32-46(75-58(50)52)33-53-60(67)65(20-10)63(69)76-53)62(72-38-42(17-7)27-23-13-3)73-39-43(18-8)28-24-14-4;1-10-18-22-35(14-5)31-55-51(56-32-36(15-6)23-19-11-2)47-40-28-43-41(27-42(40)49-44(47)26-39(30-53)59-49)48(45-29-46(54-9)60-50(43)45)52(57-33-37(16-7)24-20-12-3)58-34-38(17-8)25-21-13-4;1-2-6-4(7)3-9-5(6)8/h29,31-35,40-43H,11-28,30,36-39H2,1-10H3;26-30,35-38H,10-25,31-34H2,1-9H3;2-3H2,1H3/b44-29-,53-33+,61-55?,62-56?;;. The summed E-state index contributed by atoms with van der Waals surface area (Å²) in [4.78, 5) is 65.7. The smallest absolute Gasteiger partial charge is 0.266 e. The summed E-state index contributed by atoms with van der Waals surface area (Å²) in [5.74, 6) is 15.4. The van der Waals surface area contributed by atoms with Gasteiger partial charge in [-0.25, -0.2) is 0 Å². The molecule has 145 heavy (non-hydrogen) atoms. The van der Waals surface area contributed by atoms with E-state index >= 15 is 0 Å². The highest BCUT2D eigenvalue weighted by molar-refractivity contribution is 8.27. The van der Waals surface area contributed by atoms with E-state index in [1.54, 1.807) is 26.0 Å². The third-order valence-corrected chi connectivity index (χ3v) is 49.2. The van der Waals surface area contributed by atoms with E-state index in [0.717, 1.165) is 92.1 Å². The topological polar surface area (TPSA) is 87.2 Å². The lowest BCUT2D eigenvalue weighted by Crippen LogP contribution is -2.27. The van der Waals surface area contributed by atoms with Crippen molar-refractivity contribution < 1.29 is 23.9 Å². The number of thioether (sulfide) groups is 10. The fourth-order valence-corrected chi connectivity index (χ4v) is 39.5. The van der Waals surface area contributed by atoms with Gasteiger partial charge in [-0.3, -0.25) is 29.0 Å². The molecule has 3 aliphatic heterocycles. The molecule has 3 saturated heterocycles. The van der Waals surface area contributed by atoms with E-state index in [2.05, 4.69) is 266 Å². The highest BCUT2D eigenvalue weighted by atomic mass is 32.2. The number of nitrogens with zero attached hydrogens (tertiary/aromatic N) is 3. The molecule has 8 atom stereocenters. The number of hydrogen-bond acceptors (Lipinski definition) is 22. The number of likely N-dealkylation sites (tertiary alicyclic amines) is 1. The Labute approximate surface area is 951 Å². The maximum Gasteiger partial charge on any atom is 0.266 e. The lowest BCUT2D eigenvalue weighted by molar-refractivity contribution is -0.124. The van der Waals surface area contributed by atoms with E-state index < -0.39 is 0 Å². The Morgan fingerprint density at radius 3 is 0.869 bits per heavy atom. The van der Waals surface area contributed by atoms with E-state index in [0.29, 0.717) is 71.6 Å². The second-order valence-corrected chi connectivity index (χ2v) is 57.4. The summed E-state index contributed by atoms with van der Waals surface area (Å²) in [6.07, 6.45) is 46.1. The molecule has 0 saturated carbocycles. The zero-order chi connectivity index (χ0) is 104. The Morgan fingerprint density at radius 2 is 0.621 bits per heavy atom. The van der Waals surface area contributed by atoms with E-state index in [4.69, 9.17) is 41.4 Å². The van der Waals surface area contributed by atoms with Crippen LogP contribution in [0.2, 0.25) is 0 Å². The van der Waals surface area contributed by atoms with Crippen LogP contribution in [0.3, 0.4) is 0 Å². The number of benzene rings is 2. The first-order valence-electron chi connectivity index (χ1n) is 55.7. The van der Waals surface area contributed by atoms with Crippen LogP contribution in [0.5, 0.6) is 5.06 Å². The van der Waals surface area contributed by atoms with Crippen molar-refractivity contribution in [3.63, 3.8) is 0 Å². The van der Waals surface area contributed by atoms with Crippen molar-refractivity contribution in [2.75, 3.05) is 78.5 Å². The van der Waals surface area contributed by atoms with Gasteiger partial charge in [0.2, 0.25) is 5.91 Å². The SMILES string of the molecule is CCCCC(CC)CSC(SCC(CC)CCCC)=C1c2cc3c(cc2-c2sc(/C=C4/CC(=S)N(CC)C4=O)cc21)C(=C(SCC(CC)CCCC)SCC(CC)CCCC)c1cc(/C=C2/SC(=S)N(CC)C2=O)sc1-3.CCCCC(CC)CSC(SCC(CC)CCCC)=C1c2cc3c(cc2-c2sc(C=O)cc21)C(=C(SCC(CC)CCCC)SCC(CC)CCCC)c1cc(OC)sc1-3.CCN1C(=O)CSC1=S. The molecule has 3 fully saturated rings. The molecule has 2 aromatic carbocycles. The summed E-state index contributed by atoms with van der Waals surface area (Å²) in [5, 5.41) is 0.995. The summed E-state index contributed by atoms with van der Waals surface area (Å²) in [7, 11) is 1.83. The molecule has 7 aliphatic rings. The Balaban J connectivity index is 0.000000259. The van der Waals surface area contributed by atoms with E-state index in [9.17, 15) is 19.2 Å². The zero-order valence-electron chi connectivity index (χ0n) is 91.1. The maximum atomic E-state index is 13.7. The fraction of sp³-hybridized carbons (Fsp3) is 0.608. The van der Waals surface area contributed by atoms with Gasteiger partial charge < -0.3 is 9.64 Å². The van der Waals surface area contributed by atoms with Gasteiger partial charge in [-0.2, -0.15) is 0 Å². The van der Waals surface area contributed by atoms with Crippen molar-refractivity contribution in [1.82, 2.24) is 14.7 Å². The van der Waals surface area contributed by atoms with Crippen molar-refractivity contribution >= 4 is 272 Å². The van der Waals surface area contributed by atoms with Crippen LogP contribution in [-0.2, 0) is 14.4 Å². The van der Waals surface area contributed by atoms with Gasteiger partial charge in [0.25, 0.3) is 11.8 Å². The number of aldehydes is 1. The van der Waals surface area contributed by atoms with Gasteiger partial charge in [0.05, 0.1) is 27.6 Å². The van der Waals surface area contributed by atoms with Crippen molar-refractivity contribution in [2.45, 2.75) is 343 Å². The van der Waals surface area contributed by atoms with Crippen molar-refractivity contribution in [3.8, 4) is 46.8 Å². The van der Waals surface area contributed by atoms with Crippen molar-refractivity contribution in [2.24, 2.45) is 47.3 Å². The third kappa shape index (κ3) is 32.1. The molecule has 0 radical (unpaired) electrons. The Bertz CT molecular complexity index is 5230. The highest BCUT2D eigenvalue weighted by Gasteiger charge is 2.42. The second kappa shape index (κ2) is 63.5. The van der Waals surface area contributed by atoms with Crippen LogP contribution in [0, 0.1) is 47.3 Å². The summed E-state index contributed by atoms with van der Waals surface area (Å²) < 4.78 is 13.3. The average molecular weight is 2280 g/mol. The lowest BCUT2D eigenvalue weighted by atomic mass is 9.98. The molecule has 4 aromatic heterocycles. The van der Waals surface area contributed by atoms with Crippen LogP contribution in [0.4, 0.5) is 0 Å². The fourth-order valence-electron chi connectivity index (χ4n) is 20.0. The molecule has 13 rings (SSSR count). The number of hydrogen-bond donors (Lipinski definition) is 0. The molecule has 6 aromatic rings. The molecule has 25 heteroatoms. The summed E-state index contributed by atoms with van der Waals surface area (Å²) in [5.41, 5.74) is 22.4. The number of unbranched alkanes of at least 4 members (excludes halogenated alkanes) is 8. The number of methoxy groups -OCH3 is 1. The van der Waals surface area contributed by atoms with Crippen LogP contribution in [-0.4, -0.2) is 131 Å². The zero-order valence-corrected chi connectivity index (χ0v) is 105. The molecular formula is C120H169N3O5S17. The number of thiocarbonyl (C=S) groups is 3. The van der Waals surface area contributed by atoms with Crippen molar-refractivity contribution in [3.05, 3.63) is 135 Å². The number of amides is 3. The second-order valence-electron chi connectivity index (χ2n) is 40.1. The molecule has 0 spiro atoms. The normalized spacial score (nSPS) is 16.6. The number of ether oxygens (including phenoxy) is 1. The molecule has 3 amide bonds. The summed E-state index contributed by atoms with van der Waals surface area (Å²) in [6, 6.07) is 19.7. The molecule has 8 unspecified atom stereocenters. The van der Waals surface area contributed by atoms with Gasteiger partial charge in [0, 0.05) is 197 Å². The molecule has 8 nitrogen and oxygen atoms in total. The largest absolute Gasteiger partial charge is 0.487 e. The van der Waals surface area contributed by atoms with E-state index in [1.807, 2.05) is 61.9 Å². The monoisotopic (exact) mass is 2280 g/mol. The molecule has 7 heterocycles. The maximum absolute atomic E-state index is 13.7. The van der Waals surface area contributed by atoms with Crippen LogP contribution >= 0.6 is 200 Å². The van der Waals surface area contributed by atoms with Crippen molar-refractivity contribution in [1.29, 1.82) is 0 Å². The van der Waals surface area contributed by atoms with Gasteiger partial charge in [-0.05, 0) is 196 Å². The predicted octanol–water partition coefficient (Wildman–Crippen LogP) is 40.9. The molecule has 0 N–H and O–H groups in total. The minimum Gasteiger partial charge on any atom is -0.487 e. The Morgan fingerprint density at radius 1 is 0.338 bits per heavy atom. The summed E-state index contributed by atoms with van der Waals surface area (Å²) in [6.45, 7) is 45.5. The number of carbonyl (C=O) groups is 4. The van der Waals surface area contributed by atoms with Crippen LogP contribution in [0.15, 0.2) is 76.0 Å². The Hall–Kier alpha value is -2.67. The van der Waals surface area contributed by atoms with Gasteiger partial charge in [-0.15, -0.1) is 128 Å². The van der Waals surface area contributed by atoms with Crippen LogP contribution in [0.25, 0.3) is 76.2 Å². The number of fused-ring (bicyclic) bond motifs is 12. The molecule has 0 bridgehead atoms. The number of likely N-dealkylation sites (N-methyl/N-ethyl adjacent to an activating group) is 2. The lowest BCUT2D eigenvalue weighted by Gasteiger charge is -2.21. The quantitative estimate of drug-likeness (QED) is 0.0206.